The molecule has 2 rings (SSSR count). The highest BCUT2D eigenvalue weighted by molar-refractivity contribution is 7.99. The van der Waals surface area contributed by atoms with Crippen molar-refractivity contribution < 1.29 is 5.11 Å². The summed E-state index contributed by atoms with van der Waals surface area (Å²) >= 11 is 1.94. The third-order valence-corrected chi connectivity index (χ3v) is 7.49. The zero-order valence-electron chi connectivity index (χ0n) is 11.2. The summed E-state index contributed by atoms with van der Waals surface area (Å²) in [5.74, 6) is 2.16. The van der Waals surface area contributed by atoms with Gasteiger partial charge in [-0.15, -0.1) is 0 Å². The third kappa shape index (κ3) is 3.50. The van der Waals surface area contributed by atoms with Crippen LogP contribution >= 0.6 is 11.8 Å². The number of rotatable bonds is 3. The van der Waals surface area contributed by atoms with Crippen molar-refractivity contribution in [3.8, 4) is 0 Å². The lowest BCUT2D eigenvalue weighted by Crippen LogP contribution is -2.41. The Labute approximate surface area is 115 Å². The summed E-state index contributed by atoms with van der Waals surface area (Å²) < 4.78 is 0. The first-order valence-electron chi connectivity index (χ1n) is 6.58. The van der Waals surface area contributed by atoms with Gasteiger partial charge in [0.25, 0.3) is 0 Å². The number of benzene rings is 1. The zero-order chi connectivity index (χ0) is 13.1. The average Bonchev–Trinajstić information content (AvgIpc) is 2.39. The van der Waals surface area contributed by atoms with Crippen molar-refractivity contribution in [3.63, 3.8) is 0 Å². The van der Waals surface area contributed by atoms with Crippen molar-refractivity contribution in [1.82, 2.24) is 0 Å². The second-order valence-corrected chi connectivity index (χ2v) is 11.2. The summed E-state index contributed by atoms with van der Waals surface area (Å²) in [5.41, 5.74) is 1.75. The van der Waals surface area contributed by atoms with Gasteiger partial charge >= 0.3 is 0 Å². The Morgan fingerprint density at radius 2 is 1.78 bits per heavy atom. The van der Waals surface area contributed by atoms with Crippen molar-refractivity contribution in [1.29, 1.82) is 0 Å². The smallest absolute Gasteiger partial charge is 0.103 e. The van der Waals surface area contributed by atoms with Gasteiger partial charge in [-0.2, -0.15) is 11.8 Å². The molecular weight excluding hydrogens is 256 g/mol. The Kier molecular flexibility index (Phi) is 4.36. The second kappa shape index (κ2) is 5.64. The normalized spacial score (nSPS) is 20.2. The fourth-order valence-corrected chi connectivity index (χ4v) is 5.39. The SMILES string of the molecule is C[Si](C)(/C=C/C1(O)CCSCC1)c1ccccc1. The fourth-order valence-electron chi connectivity index (χ4n) is 2.22. The van der Waals surface area contributed by atoms with E-state index >= 15 is 0 Å². The first-order chi connectivity index (χ1) is 8.52. The number of hydrogen-bond donors (Lipinski definition) is 1. The van der Waals surface area contributed by atoms with Crippen LogP contribution in [0, 0.1) is 0 Å². The van der Waals surface area contributed by atoms with E-state index in [2.05, 4.69) is 55.2 Å². The van der Waals surface area contributed by atoms with E-state index in [0.717, 1.165) is 24.3 Å². The molecule has 0 aliphatic carbocycles. The summed E-state index contributed by atoms with van der Waals surface area (Å²) in [7, 11) is -1.56. The van der Waals surface area contributed by atoms with Crippen molar-refractivity contribution >= 4 is 25.0 Å². The molecule has 1 aromatic rings. The topological polar surface area (TPSA) is 20.2 Å². The Bertz CT molecular complexity index is 408. The van der Waals surface area contributed by atoms with Crippen molar-refractivity contribution in [2.75, 3.05) is 11.5 Å². The predicted molar refractivity (Wildman–Crippen MR) is 84.2 cm³/mol. The van der Waals surface area contributed by atoms with Gasteiger partial charge in [-0.05, 0) is 24.3 Å². The molecule has 0 spiro atoms. The molecule has 1 N–H and O–H groups in total. The van der Waals surface area contributed by atoms with Crippen LogP contribution in [-0.4, -0.2) is 30.3 Å². The van der Waals surface area contributed by atoms with Gasteiger partial charge in [0.2, 0.25) is 0 Å². The van der Waals surface area contributed by atoms with Crippen LogP contribution < -0.4 is 5.19 Å². The first-order valence-corrected chi connectivity index (χ1v) is 10.8. The van der Waals surface area contributed by atoms with Crippen LogP contribution in [0.4, 0.5) is 0 Å². The lowest BCUT2D eigenvalue weighted by atomic mass is 9.97. The lowest BCUT2D eigenvalue weighted by Gasteiger charge is -2.30. The molecule has 1 heterocycles. The van der Waals surface area contributed by atoms with E-state index in [0.29, 0.717) is 0 Å². The third-order valence-electron chi connectivity index (χ3n) is 3.69. The Balaban J connectivity index is 2.12. The molecule has 0 atom stereocenters. The fraction of sp³-hybridized carbons (Fsp3) is 0.467. The quantitative estimate of drug-likeness (QED) is 0.858. The van der Waals surface area contributed by atoms with E-state index in [4.69, 9.17) is 0 Å². The molecule has 98 valence electrons. The standard InChI is InChI=1S/C15H22OSSi/c1-18(2,14-6-4-3-5-7-14)13-10-15(16)8-11-17-12-9-15/h3-7,10,13,16H,8-9,11-12H2,1-2H3/b13-10+. The van der Waals surface area contributed by atoms with Crippen molar-refractivity contribution in [3.05, 3.63) is 42.1 Å². The maximum Gasteiger partial charge on any atom is 0.103 e. The first kappa shape index (κ1) is 13.9. The van der Waals surface area contributed by atoms with E-state index in [1.54, 1.807) is 0 Å². The summed E-state index contributed by atoms with van der Waals surface area (Å²) in [4.78, 5) is 0. The highest BCUT2D eigenvalue weighted by atomic mass is 32.2. The Morgan fingerprint density at radius 3 is 2.39 bits per heavy atom. The van der Waals surface area contributed by atoms with Crippen LogP contribution in [0.5, 0.6) is 0 Å². The van der Waals surface area contributed by atoms with Crippen molar-refractivity contribution in [2.24, 2.45) is 0 Å². The van der Waals surface area contributed by atoms with Crippen molar-refractivity contribution in [2.45, 2.75) is 31.5 Å². The summed E-state index contributed by atoms with van der Waals surface area (Å²) in [5, 5.41) is 11.9. The minimum atomic E-state index is -1.56. The number of thioether (sulfide) groups is 1. The molecule has 1 saturated heterocycles. The van der Waals surface area contributed by atoms with Crippen LogP contribution in [0.3, 0.4) is 0 Å². The number of hydrogen-bond acceptors (Lipinski definition) is 2. The minimum absolute atomic E-state index is 0.551. The maximum absolute atomic E-state index is 10.5. The molecule has 0 unspecified atom stereocenters. The van der Waals surface area contributed by atoms with Gasteiger partial charge in [0.05, 0.1) is 5.60 Å². The largest absolute Gasteiger partial charge is 0.386 e. The van der Waals surface area contributed by atoms with Gasteiger partial charge in [0.1, 0.15) is 8.07 Å². The Hall–Kier alpha value is -0.513. The maximum atomic E-state index is 10.5. The Morgan fingerprint density at radius 1 is 1.17 bits per heavy atom. The number of aliphatic hydroxyl groups is 1. The molecule has 0 amide bonds. The predicted octanol–water partition coefficient (Wildman–Crippen LogP) is 2.96. The molecule has 18 heavy (non-hydrogen) atoms. The highest BCUT2D eigenvalue weighted by Gasteiger charge is 2.28. The molecule has 0 bridgehead atoms. The van der Waals surface area contributed by atoms with E-state index in [1.165, 1.54) is 5.19 Å². The molecule has 0 saturated carbocycles. The van der Waals surface area contributed by atoms with E-state index in [-0.39, 0.29) is 0 Å². The second-order valence-electron chi connectivity index (χ2n) is 5.64. The van der Waals surface area contributed by atoms with Gasteiger partial charge < -0.3 is 5.11 Å². The minimum Gasteiger partial charge on any atom is -0.386 e. The van der Waals surface area contributed by atoms with E-state index in [1.807, 2.05) is 11.8 Å². The van der Waals surface area contributed by atoms with Gasteiger partial charge in [-0.25, -0.2) is 0 Å². The van der Waals surface area contributed by atoms with Gasteiger partial charge in [0.15, 0.2) is 0 Å². The monoisotopic (exact) mass is 278 g/mol. The molecule has 3 heteroatoms. The molecule has 1 aliphatic heterocycles. The van der Waals surface area contributed by atoms with Gasteiger partial charge in [0, 0.05) is 0 Å². The van der Waals surface area contributed by atoms with Gasteiger partial charge in [-0.1, -0.05) is 60.4 Å². The average molecular weight is 278 g/mol. The molecular formula is C15H22OSSi. The summed E-state index contributed by atoms with van der Waals surface area (Å²) in [6, 6.07) is 10.7. The van der Waals surface area contributed by atoms with Crippen LogP contribution in [0.15, 0.2) is 42.1 Å². The summed E-state index contributed by atoms with van der Waals surface area (Å²) in [6.07, 6.45) is 3.88. The van der Waals surface area contributed by atoms with Gasteiger partial charge in [-0.3, -0.25) is 0 Å². The zero-order valence-corrected chi connectivity index (χ0v) is 13.0. The highest BCUT2D eigenvalue weighted by Crippen LogP contribution is 2.28. The van der Waals surface area contributed by atoms with E-state index in [9.17, 15) is 5.11 Å². The molecule has 1 nitrogen and oxygen atoms in total. The summed E-state index contributed by atoms with van der Waals surface area (Å²) in [6.45, 7) is 4.67. The lowest BCUT2D eigenvalue weighted by molar-refractivity contribution is 0.0826. The molecule has 1 fully saturated rings. The van der Waals surface area contributed by atoms with Crippen LogP contribution in [0.2, 0.25) is 13.1 Å². The van der Waals surface area contributed by atoms with Crippen LogP contribution in [-0.2, 0) is 0 Å². The molecule has 0 aromatic heterocycles. The van der Waals surface area contributed by atoms with E-state index < -0.39 is 13.7 Å². The molecule has 1 aliphatic rings. The molecule has 0 radical (unpaired) electrons. The van der Waals surface area contributed by atoms with Crippen LogP contribution in [0.25, 0.3) is 0 Å². The molecule has 1 aromatic carbocycles. The van der Waals surface area contributed by atoms with Crippen LogP contribution in [0.1, 0.15) is 12.8 Å².